The molecule has 0 bridgehead atoms. The van der Waals surface area contributed by atoms with Gasteiger partial charge in [0.15, 0.2) is 11.5 Å². The van der Waals surface area contributed by atoms with Gasteiger partial charge in [0.2, 0.25) is 0 Å². The Balaban J connectivity index is 1.49. The first-order chi connectivity index (χ1) is 17.6. The van der Waals surface area contributed by atoms with E-state index in [0.717, 1.165) is 25.8 Å². The first-order valence-corrected chi connectivity index (χ1v) is 12.7. The van der Waals surface area contributed by atoms with Crippen LogP contribution in [0.4, 0.5) is 0 Å². The van der Waals surface area contributed by atoms with E-state index in [1.54, 1.807) is 13.3 Å². The normalized spacial score (nSPS) is 11.0. The van der Waals surface area contributed by atoms with Gasteiger partial charge in [-0.05, 0) is 57.5 Å². The SMILES string of the molecule is COc1cc(/C=N/NC(=O)C(c2ccccc2)c2ccccc2)cc(I)c1OCc1ccccc1Cl. The predicted octanol–water partition coefficient (Wildman–Crippen LogP) is 6.81. The van der Waals surface area contributed by atoms with Gasteiger partial charge in [-0.1, -0.05) is 90.5 Å². The third-order valence-electron chi connectivity index (χ3n) is 5.50. The minimum Gasteiger partial charge on any atom is -0.493 e. The molecule has 4 aromatic carbocycles. The number of rotatable bonds is 9. The fourth-order valence-electron chi connectivity index (χ4n) is 3.74. The van der Waals surface area contributed by atoms with Gasteiger partial charge in [0.05, 0.1) is 22.8 Å². The summed E-state index contributed by atoms with van der Waals surface area (Å²) in [4.78, 5) is 13.1. The number of ether oxygens (including phenoxy) is 2. The van der Waals surface area contributed by atoms with Crippen molar-refractivity contribution in [3.63, 3.8) is 0 Å². The van der Waals surface area contributed by atoms with E-state index >= 15 is 0 Å². The zero-order valence-electron chi connectivity index (χ0n) is 19.5. The van der Waals surface area contributed by atoms with E-state index < -0.39 is 5.92 Å². The summed E-state index contributed by atoms with van der Waals surface area (Å²) in [5.41, 5.74) is 6.13. The summed E-state index contributed by atoms with van der Waals surface area (Å²) < 4.78 is 12.4. The Morgan fingerprint density at radius 3 is 2.19 bits per heavy atom. The molecule has 4 aromatic rings. The molecule has 0 aliphatic rings. The van der Waals surface area contributed by atoms with E-state index in [1.807, 2.05) is 97.1 Å². The molecule has 4 rings (SSSR count). The van der Waals surface area contributed by atoms with E-state index in [9.17, 15) is 4.79 Å². The number of nitrogens with zero attached hydrogens (tertiary/aromatic N) is 1. The average Bonchev–Trinajstić information content (AvgIpc) is 2.90. The monoisotopic (exact) mass is 610 g/mol. The first-order valence-electron chi connectivity index (χ1n) is 11.2. The Labute approximate surface area is 229 Å². The summed E-state index contributed by atoms with van der Waals surface area (Å²) in [7, 11) is 1.58. The lowest BCUT2D eigenvalue weighted by molar-refractivity contribution is -0.121. The lowest BCUT2D eigenvalue weighted by Crippen LogP contribution is -2.26. The Bertz CT molecular complexity index is 1310. The Hall–Kier alpha value is -3.36. The van der Waals surface area contributed by atoms with Crippen LogP contribution in [0.1, 0.15) is 28.2 Å². The quantitative estimate of drug-likeness (QED) is 0.129. The standard InChI is InChI=1S/C29H24ClIN2O3/c1-35-26-17-20(16-25(31)28(26)36-19-23-14-8-9-15-24(23)30)18-32-33-29(34)27(21-10-4-2-5-11-21)22-12-6-3-7-13-22/h2-18,27H,19H2,1H3,(H,33,34)/b32-18+. The molecule has 0 aliphatic heterocycles. The number of hydrogen-bond acceptors (Lipinski definition) is 4. The molecule has 0 radical (unpaired) electrons. The Morgan fingerprint density at radius 2 is 1.58 bits per heavy atom. The number of methoxy groups -OCH3 is 1. The topological polar surface area (TPSA) is 59.9 Å². The third-order valence-corrected chi connectivity index (χ3v) is 6.67. The van der Waals surface area contributed by atoms with Crippen LogP contribution in [0.25, 0.3) is 0 Å². The van der Waals surface area contributed by atoms with Gasteiger partial charge in [-0.2, -0.15) is 5.10 Å². The van der Waals surface area contributed by atoms with E-state index in [0.29, 0.717) is 23.1 Å². The van der Waals surface area contributed by atoms with E-state index in [-0.39, 0.29) is 5.91 Å². The van der Waals surface area contributed by atoms with E-state index in [4.69, 9.17) is 21.1 Å². The summed E-state index contributed by atoms with van der Waals surface area (Å²) in [6, 6.07) is 30.6. The number of nitrogens with one attached hydrogen (secondary N) is 1. The van der Waals surface area contributed by atoms with Crippen LogP contribution < -0.4 is 14.9 Å². The minimum atomic E-state index is -0.472. The molecule has 0 atom stereocenters. The van der Waals surface area contributed by atoms with E-state index in [1.165, 1.54) is 0 Å². The van der Waals surface area contributed by atoms with Crippen molar-refractivity contribution in [2.45, 2.75) is 12.5 Å². The molecule has 7 heteroatoms. The minimum absolute atomic E-state index is 0.218. The molecule has 0 unspecified atom stereocenters. The van der Waals surface area contributed by atoms with Gasteiger partial charge in [0, 0.05) is 10.6 Å². The van der Waals surface area contributed by atoms with Crippen molar-refractivity contribution in [1.29, 1.82) is 0 Å². The summed E-state index contributed by atoms with van der Waals surface area (Å²) in [6.45, 7) is 0.315. The molecule has 1 amide bonds. The highest BCUT2D eigenvalue weighted by Gasteiger charge is 2.22. The van der Waals surface area contributed by atoms with Crippen molar-refractivity contribution in [2.24, 2.45) is 5.10 Å². The fraction of sp³-hybridized carbons (Fsp3) is 0.103. The fourth-order valence-corrected chi connectivity index (χ4v) is 4.71. The molecule has 36 heavy (non-hydrogen) atoms. The lowest BCUT2D eigenvalue weighted by Gasteiger charge is -2.16. The van der Waals surface area contributed by atoms with Crippen molar-refractivity contribution in [1.82, 2.24) is 5.43 Å². The zero-order valence-corrected chi connectivity index (χ0v) is 22.4. The highest BCUT2D eigenvalue weighted by molar-refractivity contribution is 14.1. The van der Waals surface area contributed by atoms with Gasteiger partial charge in [-0.15, -0.1) is 0 Å². The smallest absolute Gasteiger partial charge is 0.252 e. The van der Waals surface area contributed by atoms with Crippen LogP contribution >= 0.6 is 34.2 Å². The third kappa shape index (κ3) is 6.44. The summed E-state index contributed by atoms with van der Waals surface area (Å²) in [5.74, 6) is 0.491. The molecule has 0 saturated carbocycles. The molecule has 5 nitrogen and oxygen atoms in total. The maximum atomic E-state index is 13.1. The number of benzene rings is 4. The van der Waals surface area contributed by atoms with Gasteiger partial charge in [0.1, 0.15) is 6.61 Å². The molecule has 0 heterocycles. The summed E-state index contributed by atoms with van der Waals surface area (Å²) in [5, 5.41) is 4.87. The van der Waals surface area contributed by atoms with Gasteiger partial charge in [-0.25, -0.2) is 5.43 Å². The maximum absolute atomic E-state index is 13.1. The number of amides is 1. The number of halogens is 2. The number of carbonyl (C=O) groups is 1. The van der Waals surface area contributed by atoms with Crippen molar-refractivity contribution < 1.29 is 14.3 Å². The maximum Gasteiger partial charge on any atom is 0.252 e. The highest BCUT2D eigenvalue weighted by Crippen LogP contribution is 2.34. The molecule has 0 fully saturated rings. The second kappa shape index (κ2) is 12.6. The molecule has 1 N–H and O–H groups in total. The van der Waals surface area contributed by atoms with Crippen molar-refractivity contribution in [3.8, 4) is 11.5 Å². The Morgan fingerprint density at radius 1 is 0.972 bits per heavy atom. The molecule has 0 saturated heterocycles. The van der Waals surface area contributed by atoms with Crippen LogP contribution in [0.5, 0.6) is 11.5 Å². The second-order valence-electron chi connectivity index (χ2n) is 7.90. The van der Waals surface area contributed by atoms with Crippen molar-refractivity contribution in [2.75, 3.05) is 7.11 Å². The first kappa shape index (κ1) is 25.7. The van der Waals surface area contributed by atoms with Crippen LogP contribution in [0.2, 0.25) is 5.02 Å². The van der Waals surface area contributed by atoms with Crippen molar-refractivity contribution >= 4 is 46.3 Å². The van der Waals surface area contributed by atoms with Crippen LogP contribution in [0.3, 0.4) is 0 Å². The molecular formula is C29H24ClIN2O3. The highest BCUT2D eigenvalue weighted by atomic mass is 127. The van der Waals surface area contributed by atoms with Gasteiger partial charge < -0.3 is 9.47 Å². The summed E-state index contributed by atoms with van der Waals surface area (Å²) >= 11 is 8.44. The molecule has 182 valence electrons. The number of carbonyl (C=O) groups excluding carboxylic acids is 1. The van der Waals surface area contributed by atoms with Gasteiger partial charge in [-0.3, -0.25) is 4.79 Å². The predicted molar refractivity (Wildman–Crippen MR) is 152 cm³/mol. The van der Waals surface area contributed by atoms with Crippen molar-refractivity contribution in [3.05, 3.63) is 128 Å². The second-order valence-corrected chi connectivity index (χ2v) is 9.47. The zero-order chi connectivity index (χ0) is 25.3. The van der Waals surface area contributed by atoms with Gasteiger partial charge in [0.25, 0.3) is 5.91 Å². The molecule has 0 spiro atoms. The van der Waals surface area contributed by atoms with Gasteiger partial charge >= 0.3 is 0 Å². The van der Waals surface area contributed by atoms with E-state index in [2.05, 4.69) is 33.1 Å². The van der Waals surface area contributed by atoms with Crippen LogP contribution in [0, 0.1) is 3.57 Å². The molecular weight excluding hydrogens is 587 g/mol. The Kier molecular flexibility index (Phi) is 8.97. The summed E-state index contributed by atoms with van der Waals surface area (Å²) in [6.07, 6.45) is 1.59. The molecule has 0 aromatic heterocycles. The average molecular weight is 611 g/mol. The van der Waals surface area contributed by atoms with Crippen LogP contribution in [-0.4, -0.2) is 19.2 Å². The lowest BCUT2D eigenvalue weighted by atomic mass is 9.91. The largest absolute Gasteiger partial charge is 0.493 e. The van der Waals surface area contributed by atoms with Crippen LogP contribution in [0.15, 0.2) is 102 Å². The number of hydrazone groups is 1. The molecule has 0 aliphatic carbocycles. The number of hydrogen-bond donors (Lipinski definition) is 1. The van der Waals surface area contributed by atoms with Crippen LogP contribution in [-0.2, 0) is 11.4 Å².